The lowest BCUT2D eigenvalue weighted by Gasteiger charge is -2.42. The molecule has 0 radical (unpaired) electrons. The number of nitrogens with two attached hydrogens (primary N) is 1. The van der Waals surface area contributed by atoms with E-state index in [1.54, 1.807) is 0 Å². The molecule has 4 unspecified atom stereocenters. The molecule has 7 nitrogen and oxygen atoms in total. The van der Waals surface area contributed by atoms with Gasteiger partial charge < -0.3 is 16.0 Å². The normalized spacial score (nSPS) is 28.5. The Hall–Kier alpha value is -2.41. The molecule has 5 rings (SSSR count). The Morgan fingerprint density at radius 3 is 2.40 bits per heavy atom. The van der Waals surface area contributed by atoms with Crippen LogP contribution < -0.4 is 16.0 Å². The van der Waals surface area contributed by atoms with Gasteiger partial charge in [0.25, 0.3) is 0 Å². The highest BCUT2D eigenvalue weighted by atomic mass is 16.2. The average molecular weight is 412 g/mol. The van der Waals surface area contributed by atoms with Gasteiger partial charge in [-0.1, -0.05) is 18.2 Å². The van der Waals surface area contributed by atoms with Gasteiger partial charge in [0, 0.05) is 38.9 Å². The van der Waals surface area contributed by atoms with Crippen molar-refractivity contribution in [2.24, 2.45) is 29.4 Å². The van der Waals surface area contributed by atoms with E-state index in [-0.39, 0.29) is 35.5 Å². The number of fused-ring (bicyclic) bond motifs is 2. The number of allylic oxidation sites excluding steroid dienone is 2. The second kappa shape index (κ2) is 9.60. The molecule has 3 aliphatic carbocycles. The predicted molar refractivity (Wildman–Crippen MR) is 117 cm³/mol. The van der Waals surface area contributed by atoms with Crippen LogP contribution in [0.25, 0.3) is 0 Å². The van der Waals surface area contributed by atoms with Crippen molar-refractivity contribution < 1.29 is 9.59 Å². The highest BCUT2D eigenvalue weighted by molar-refractivity contribution is 5.88. The standard InChI is InChI=1S/C23H33N5O2/c24-22(29)20-17-6-8-18(9-7-17)21(20)23(30)26-11-3-4-12-27-13-15-28(16-14-27)19-5-1-2-10-25-19/h1-2,5-6,8,10,17-18,20-21H,3-4,7,9,11-16H2,(H2,24,29)(H,26,30). The fraction of sp³-hybridized carbons (Fsp3) is 0.609. The van der Waals surface area contributed by atoms with E-state index >= 15 is 0 Å². The maximum atomic E-state index is 12.8. The Kier molecular flexibility index (Phi) is 6.67. The van der Waals surface area contributed by atoms with E-state index < -0.39 is 0 Å². The number of carbonyl (C=O) groups excluding carboxylic acids is 2. The minimum Gasteiger partial charge on any atom is -0.369 e. The zero-order chi connectivity index (χ0) is 20.9. The second-order valence-corrected chi connectivity index (χ2v) is 8.76. The molecule has 1 aromatic rings. The molecule has 2 amide bonds. The predicted octanol–water partition coefficient (Wildman–Crippen LogP) is 1.41. The van der Waals surface area contributed by atoms with Crippen molar-refractivity contribution >= 4 is 17.6 Å². The molecule has 0 spiro atoms. The first-order valence-electron chi connectivity index (χ1n) is 11.3. The first kappa shape index (κ1) is 20.8. The van der Waals surface area contributed by atoms with Crippen LogP contribution in [0.1, 0.15) is 25.7 Å². The number of nitrogens with one attached hydrogen (secondary N) is 1. The summed E-state index contributed by atoms with van der Waals surface area (Å²) in [4.78, 5) is 33.9. The van der Waals surface area contributed by atoms with Crippen molar-refractivity contribution in [3.63, 3.8) is 0 Å². The van der Waals surface area contributed by atoms with E-state index in [0.717, 1.165) is 64.2 Å². The Balaban J connectivity index is 1.14. The molecular formula is C23H33N5O2. The van der Waals surface area contributed by atoms with Crippen molar-refractivity contribution in [2.45, 2.75) is 25.7 Å². The van der Waals surface area contributed by atoms with Crippen LogP contribution in [0.3, 0.4) is 0 Å². The van der Waals surface area contributed by atoms with Crippen molar-refractivity contribution in [3.8, 4) is 0 Å². The first-order chi connectivity index (χ1) is 14.6. The molecule has 4 atom stereocenters. The van der Waals surface area contributed by atoms with Crippen molar-refractivity contribution in [3.05, 3.63) is 36.5 Å². The van der Waals surface area contributed by atoms with E-state index in [4.69, 9.17) is 5.73 Å². The van der Waals surface area contributed by atoms with E-state index in [1.165, 1.54) is 0 Å². The maximum absolute atomic E-state index is 12.8. The van der Waals surface area contributed by atoms with Crippen molar-refractivity contribution in [1.29, 1.82) is 0 Å². The fourth-order valence-electron chi connectivity index (χ4n) is 5.27. The number of aromatic nitrogens is 1. The number of primary amides is 1. The molecule has 30 heavy (non-hydrogen) atoms. The third kappa shape index (κ3) is 4.67. The molecule has 1 aliphatic heterocycles. The number of anilines is 1. The zero-order valence-electron chi connectivity index (χ0n) is 17.6. The molecule has 2 fully saturated rings. The zero-order valence-corrected chi connectivity index (χ0v) is 17.6. The molecule has 7 heteroatoms. The molecule has 2 heterocycles. The number of hydrogen-bond acceptors (Lipinski definition) is 5. The fourth-order valence-corrected chi connectivity index (χ4v) is 5.27. The summed E-state index contributed by atoms with van der Waals surface area (Å²) in [6.07, 6.45) is 9.99. The van der Waals surface area contributed by atoms with Crippen molar-refractivity contribution in [1.82, 2.24) is 15.2 Å². The number of carbonyl (C=O) groups is 2. The molecule has 4 aliphatic rings. The highest BCUT2D eigenvalue weighted by Gasteiger charge is 2.47. The first-order valence-corrected chi connectivity index (χ1v) is 11.3. The molecular weight excluding hydrogens is 378 g/mol. The largest absolute Gasteiger partial charge is 0.369 e. The van der Waals surface area contributed by atoms with E-state index in [1.807, 2.05) is 18.3 Å². The van der Waals surface area contributed by atoms with Crippen LogP contribution in [0.2, 0.25) is 0 Å². The van der Waals surface area contributed by atoms with Crippen LogP contribution >= 0.6 is 0 Å². The topological polar surface area (TPSA) is 91.6 Å². The van der Waals surface area contributed by atoms with Crippen LogP contribution in [-0.2, 0) is 9.59 Å². The number of hydrogen-bond donors (Lipinski definition) is 2. The lowest BCUT2D eigenvalue weighted by atomic mass is 9.61. The maximum Gasteiger partial charge on any atom is 0.224 e. The Labute approximate surface area is 178 Å². The Morgan fingerprint density at radius 2 is 1.77 bits per heavy atom. The van der Waals surface area contributed by atoms with Crippen LogP contribution in [0.5, 0.6) is 0 Å². The van der Waals surface area contributed by atoms with Gasteiger partial charge in [-0.15, -0.1) is 0 Å². The van der Waals surface area contributed by atoms with Gasteiger partial charge in [-0.05, 0) is 56.2 Å². The Bertz CT molecular complexity index is 760. The number of rotatable bonds is 8. The quantitative estimate of drug-likeness (QED) is 0.499. The van der Waals surface area contributed by atoms with E-state index in [9.17, 15) is 9.59 Å². The smallest absolute Gasteiger partial charge is 0.224 e. The van der Waals surface area contributed by atoms with Crippen LogP contribution in [0.4, 0.5) is 5.82 Å². The number of amides is 2. The summed E-state index contributed by atoms with van der Waals surface area (Å²) in [5, 5.41) is 3.07. The lowest BCUT2D eigenvalue weighted by Crippen LogP contribution is -2.50. The molecule has 3 N–H and O–H groups in total. The number of piperazine rings is 1. The van der Waals surface area contributed by atoms with E-state index in [2.05, 4.69) is 38.3 Å². The third-order valence-corrected chi connectivity index (χ3v) is 6.93. The van der Waals surface area contributed by atoms with Crippen LogP contribution in [-0.4, -0.2) is 61.0 Å². The van der Waals surface area contributed by atoms with Crippen LogP contribution in [0.15, 0.2) is 36.5 Å². The van der Waals surface area contributed by atoms with Gasteiger partial charge in [0.15, 0.2) is 0 Å². The number of unbranched alkanes of at least 4 members (excludes halogenated alkanes) is 1. The van der Waals surface area contributed by atoms with Gasteiger partial charge in [0.1, 0.15) is 5.82 Å². The van der Waals surface area contributed by atoms with Gasteiger partial charge in [-0.2, -0.15) is 0 Å². The highest BCUT2D eigenvalue weighted by Crippen LogP contribution is 2.44. The van der Waals surface area contributed by atoms with Gasteiger partial charge in [0.05, 0.1) is 11.8 Å². The monoisotopic (exact) mass is 411 g/mol. The summed E-state index contributed by atoms with van der Waals surface area (Å²) in [6.45, 7) is 5.80. The minimum absolute atomic E-state index is 0.00169. The van der Waals surface area contributed by atoms with Gasteiger partial charge >= 0.3 is 0 Å². The molecule has 2 bridgehead atoms. The lowest BCUT2D eigenvalue weighted by molar-refractivity contribution is -0.138. The summed E-state index contributed by atoms with van der Waals surface area (Å²) >= 11 is 0. The average Bonchev–Trinajstić information content (AvgIpc) is 2.80. The summed E-state index contributed by atoms with van der Waals surface area (Å²) in [5.41, 5.74) is 5.62. The van der Waals surface area contributed by atoms with Crippen molar-refractivity contribution in [2.75, 3.05) is 44.2 Å². The minimum atomic E-state index is -0.343. The second-order valence-electron chi connectivity index (χ2n) is 8.76. The number of nitrogens with zero attached hydrogens (tertiary/aromatic N) is 3. The molecule has 1 aromatic heterocycles. The van der Waals surface area contributed by atoms with Crippen LogP contribution in [0, 0.1) is 23.7 Å². The third-order valence-electron chi connectivity index (χ3n) is 6.93. The van der Waals surface area contributed by atoms with Gasteiger partial charge in [-0.3, -0.25) is 14.5 Å². The Morgan fingerprint density at radius 1 is 1.03 bits per heavy atom. The number of pyridine rings is 1. The molecule has 162 valence electrons. The molecule has 1 saturated carbocycles. The summed E-state index contributed by atoms with van der Waals surface area (Å²) in [6, 6.07) is 6.04. The molecule has 0 aromatic carbocycles. The molecule has 1 saturated heterocycles. The van der Waals surface area contributed by atoms with Gasteiger partial charge in [-0.25, -0.2) is 4.98 Å². The van der Waals surface area contributed by atoms with Gasteiger partial charge in [0.2, 0.25) is 11.8 Å². The van der Waals surface area contributed by atoms with E-state index in [0.29, 0.717) is 6.54 Å². The SMILES string of the molecule is NC(=O)C1C2C=CC(CC2)C1C(=O)NCCCCN1CCN(c2ccccn2)CC1. The summed E-state index contributed by atoms with van der Waals surface area (Å²) in [7, 11) is 0. The summed E-state index contributed by atoms with van der Waals surface area (Å²) in [5.74, 6) is 0.382. The summed E-state index contributed by atoms with van der Waals surface area (Å²) < 4.78 is 0.